The van der Waals surface area contributed by atoms with E-state index in [4.69, 9.17) is 16.5 Å². The molecule has 2 aromatic carbocycles. The highest BCUT2D eigenvalue weighted by Gasteiger charge is 2.23. The highest BCUT2D eigenvalue weighted by atomic mass is 19.1. The van der Waals surface area contributed by atoms with Gasteiger partial charge in [-0.2, -0.15) is 0 Å². The highest BCUT2D eigenvalue weighted by molar-refractivity contribution is 6.02. The van der Waals surface area contributed by atoms with Crippen LogP contribution >= 0.6 is 0 Å². The normalized spacial score (nSPS) is 11.3. The van der Waals surface area contributed by atoms with Gasteiger partial charge in [0.15, 0.2) is 0 Å². The number of hydrogen-bond donors (Lipinski definition) is 2. The Labute approximate surface area is 214 Å². The van der Waals surface area contributed by atoms with Crippen LogP contribution in [0.4, 0.5) is 20.7 Å². The Hall–Kier alpha value is -4.66. The minimum atomic E-state index is -0.775. The van der Waals surface area contributed by atoms with Crippen LogP contribution in [0.15, 0.2) is 66.9 Å². The Balaban J connectivity index is 1.86. The van der Waals surface area contributed by atoms with Crippen molar-refractivity contribution >= 4 is 23.4 Å². The van der Waals surface area contributed by atoms with Crippen molar-refractivity contribution in [2.75, 3.05) is 4.90 Å². The Morgan fingerprint density at radius 2 is 1.57 bits per heavy atom. The van der Waals surface area contributed by atoms with Crippen LogP contribution in [0.3, 0.4) is 0 Å². The number of nitrogens with two attached hydrogens (primary N) is 2. The number of carbonyl (C=O) groups excluding carboxylic acids is 2. The smallest absolute Gasteiger partial charge is 0.325 e. The minimum absolute atomic E-state index is 0.126. The van der Waals surface area contributed by atoms with Crippen LogP contribution in [-0.2, 0) is 5.41 Å². The average Bonchev–Trinajstić information content (AvgIpc) is 2.85. The third kappa shape index (κ3) is 5.30. The van der Waals surface area contributed by atoms with E-state index in [9.17, 15) is 14.0 Å². The summed E-state index contributed by atoms with van der Waals surface area (Å²) in [6.45, 7) is 7.93. The fourth-order valence-electron chi connectivity index (χ4n) is 3.85. The number of benzene rings is 2. The first kappa shape index (κ1) is 25.4. The molecule has 2 aromatic heterocycles. The third-order valence-corrected chi connectivity index (χ3v) is 5.79. The zero-order chi connectivity index (χ0) is 26.9. The summed E-state index contributed by atoms with van der Waals surface area (Å²) in [4.78, 5) is 39.7. The molecule has 0 saturated heterocycles. The highest BCUT2D eigenvalue weighted by Crippen LogP contribution is 2.34. The van der Waals surface area contributed by atoms with Crippen LogP contribution in [0.2, 0.25) is 0 Å². The van der Waals surface area contributed by atoms with Crippen molar-refractivity contribution in [3.63, 3.8) is 0 Å². The Kier molecular flexibility index (Phi) is 6.72. The second kappa shape index (κ2) is 9.77. The maximum absolute atomic E-state index is 13.5. The van der Waals surface area contributed by atoms with Gasteiger partial charge in [-0.15, -0.1) is 0 Å². The summed E-state index contributed by atoms with van der Waals surface area (Å²) >= 11 is 0. The zero-order valence-corrected chi connectivity index (χ0v) is 21.0. The first-order chi connectivity index (χ1) is 17.5. The fourth-order valence-corrected chi connectivity index (χ4v) is 3.85. The van der Waals surface area contributed by atoms with Crippen molar-refractivity contribution in [2.24, 2.45) is 11.5 Å². The molecular formula is C28H27FN6O2. The van der Waals surface area contributed by atoms with Gasteiger partial charge in [-0.25, -0.2) is 29.0 Å². The van der Waals surface area contributed by atoms with E-state index >= 15 is 0 Å². The first-order valence-corrected chi connectivity index (χ1v) is 11.6. The van der Waals surface area contributed by atoms with E-state index in [1.54, 1.807) is 18.3 Å². The van der Waals surface area contributed by atoms with E-state index in [0.717, 1.165) is 11.1 Å². The van der Waals surface area contributed by atoms with E-state index in [1.165, 1.54) is 41.3 Å². The SMILES string of the molecule is Cc1ccc(-c2ccnc(C(C)(C)C)n2)cc1N(C(N)=O)c1ccc(C(N)=O)c(-c2ccc(F)cc2)n1. The molecule has 0 atom stereocenters. The second-order valence-electron chi connectivity index (χ2n) is 9.63. The van der Waals surface area contributed by atoms with E-state index < -0.39 is 17.8 Å². The maximum Gasteiger partial charge on any atom is 0.325 e. The van der Waals surface area contributed by atoms with Crippen molar-refractivity contribution in [1.29, 1.82) is 0 Å². The quantitative estimate of drug-likeness (QED) is 0.388. The number of halogens is 1. The topological polar surface area (TPSA) is 128 Å². The molecular weight excluding hydrogens is 471 g/mol. The molecule has 188 valence electrons. The lowest BCUT2D eigenvalue weighted by molar-refractivity contribution is 0.100. The second-order valence-corrected chi connectivity index (χ2v) is 9.63. The summed E-state index contributed by atoms with van der Waals surface area (Å²) in [6, 6.07) is 15.0. The zero-order valence-electron chi connectivity index (χ0n) is 21.0. The number of amides is 3. The number of pyridine rings is 1. The molecule has 0 radical (unpaired) electrons. The number of urea groups is 1. The van der Waals surface area contributed by atoms with Gasteiger partial charge in [0, 0.05) is 22.7 Å². The van der Waals surface area contributed by atoms with Crippen LogP contribution in [0.5, 0.6) is 0 Å². The Morgan fingerprint density at radius 1 is 0.892 bits per heavy atom. The third-order valence-electron chi connectivity index (χ3n) is 5.79. The van der Waals surface area contributed by atoms with E-state index in [0.29, 0.717) is 22.8 Å². The molecule has 0 fully saturated rings. The monoisotopic (exact) mass is 498 g/mol. The van der Waals surface area contributed by atoms with Crippen LogP contribution in [0.1, 0.15) is 42.5 Å². The van der Waals surface area contributed by atoms with Crippen LogP contribution in [0.25, 0.3) is 22.5 Å². The standard InChI is InChI=1S/C28H27FN6O2/c1-16-5-6-18(21-13-14-32-26(33-21)28(2,3)4)15-22(16)35(27(31)37)23-12-11-20(25(30)36)24(34-23)17-7-9-19(29)10-8-17/h5-15H,1-4H3,(H2,30,36)(H2,31,37). The summed E-state index contributed by atoms with van der Waals surface area (Å²) < 4.78 is 13.5. The molecule has 8 nitrogen and oxygen atoms in total. The van der Waals surface area contributed by atoms with Gasteiger partial charge in [-0.1, -0.05) is 32.9 Å². The number of aryl methyl sites for hydroxylation is 1. The molecule has 0 aliphatic carbocycles. The van der Waals surface area contributed by atoms with Gasteiger partial charge >= 0.3 is 6.03 Å². The van der Waals surface area contributed by atoms with E-state index in [1.807, 2.05) is 39.8 Å². The van der Waals surface area contributed by atoms with Gasteiger partial charge in [-0.3, -0.25) is 4.79 Å². The predicted octanol–water partition coefficient (Wildman–Crippen LogP) is 5.27. The molecule has 0 unspecified atom stereocenters. The molecule has 4 rings (SSSR count). The summed E-state index contributed by atoms with van der Waals surface area (Å²) in [5.41, 5.74) is 14.6. The summed E-state index contributed by atoms with van der Waals surface area (Å²) in [5.74, 6) is -0.284. The van der Waals surface area contributed by atoms with Gasteiger partial charge in [-0.05, 0) is 61.0 Å². The molecule has 0 spiro atoms. The molecule has 4 N–H and O–H groups in total. The molecule has 4 aromatic rings. The average molecular weight is 499 g/mol. The van der Waals surface area contributed by atoms with Crippen molar-refractivity contribution in [3.05, 3.63) is 89.6 Å². The molecule has 2 heterocycles. The minimum Gasteiger partial charge on any atom is -0.366 e. The molecule has 0 aliphatic rings. The molecule has 0 saturated carbocycles. The largest absolute Gasteiger partial charge is 0.366 e. The van der Waals surface area contributed by atoms with Crippen LogP contribution < -0.4 is 16.4 Å². The van der Waals surface area contributed by atoms with Gasteiger partial charge in [0.25, 0.3) is 5.91 Å². The summed E-state index contributed by atoms with van der Waals surface area (Å²) in [5, 5.41) is 0. The lowest BCUT2D eigenvalue weighted by Crippen LogP contribution is -2.33. The summed E-state index contributed by atoms with van der Waals surface area (Å²) in [6.07, 6.45) is 1.70. The Morgan fingerprint density at radius 3 is 2.19 bits per heavy atom. The first-order valence-electron chi connectivity index (χ1n) is 11.6. The van der Waals surface area contributed by atoms with Crippen molar-refractivity contribution < 1.29 is 14.0 Å². The Bertz CT molecular complexity index is 1500. The predicted molar refractivity (Wildman–Crippen MR) is 141 cm³/mol. The number of aromatic nitrogens is 3. The van der Waals surface area contributed by atoms with Gasteiger partial charge in [0.2, 0.25) is 0 Å². The number of rotatable bonds is 5. The lowest BCUT2D eigenvalue weighted by Gasteiger charge is -2.23. The van der Waals surface area contributed by atoms with Crippen LogP contribution in [-0.4, -0.2) is 26.9 Å². The number of carbonyl (C=O) groups is 2. The summed E-state index contributed by atoms with van der Waals surface area (Å²) in [7, 11) is 0. The number of primary amides is 2. The molecule has 0 bridgehead atoms. The fraction of sp³-hybridized carbons (Fsp3) is 0.179. The molecule has 0 aliphatic heterocycles. The van der Waals surface area contributed by atoms with Gasteiger partial charge < -0.3 is 11.5 Å². The van der Waals surface area contributed by atoms with Crippen LogP contribution in [0, 0.1) is 12.7 Å². The number of hydrogen-bond acceptors (Lipinski definition) is 5. The maximum atomic E-state index is 13.5. The van der Waals surface area contributed by atoms with Crippen molar-refractivity contribution in [3.8, 4) is 22.5 Å². The molecule has 9 heteroatoms. The van der Waals surface area contributed by atoms with Crippen molar-refractivity contribution in [2.45, 2.75) is 33.1 Å². The van der Waals surface area contributed by atoms with Gasteiger partial charge in [0.05, 0.1) is 22.6 Å². The number of nitrogens with zero attached hydrogens (tertiary/aromatic N) is 4. The molecule has 37 heavy (non-hydrogen) atoms. The van der Waals surface area contributed by atoms with Gasteiger partial charge in [0.1, 0.15) is 17.5 Å². The van der Waals surface area contributed by atoms with E-state index in [2.05, 4.69) is 9.97 Å². The number of anilines is 2. The molecule has 3 amide bonds. The van der Waals surface area contributed by atoms with E-state index in [-0.39, 0.29) is 22.5 Å². The lowest BCUT2D eigenvalue weighted by atomic mass is 9.95. The van der Waals surface area contributed by atoms with Crippen molar-refractivity contribution in [1.82, 2.24) is 15.0 Å².